The molecule has 1 atom stereocenters. The first-order chi connectivity index (χ1) is 15.1. The second-order valence-electron chi connectivity index (χ2n) is 8.63. The summed E-state index contributed by atoms with van der Waals surface area (Å²) in [4.78, 5) is 16.3. The third kappa shape index (κ3) is 4.00. The zero-order valence-corrected chi connectivity index (χ0v) is 17.6. The summed E-state index contributed by atoms with van der Waals surface area (Å²) >= 11 is 0. The van der Waals surface area contributed by atoms with E-state index in [2.05, 4.69) is 10.3 Å². The van der Waals surface area contributed by atoms with Crippen molar-refractivity contribution < 1.29 is 23.1 Å². The molecule has 2 aromatic heterocycles. The molecule has 1 aliphatic rings. The highest BCUT2D eigenvalue weighted by Crippen LogP contribution is 2.36. The summed E-state index contributed by atoms with van der Waals surface area (Å²) in [6.45, 7) is -0.0323. The molecule has 0 spiro atoms. The van der Waals surface area contributed by atoms with E-state index in [1.54, 1.807) is 29.4 Å². The average Bonchev–Trinajstić information content (AvgIpc) is 3.42. The SMILES string of the molecule is C[C@](CO)(NC1CCC(n2ccc3cc(-n4ccnc4)cc(C(N)=O)c32)CC1)C(F)(F)F. The zero-order valence-electron chi connectivity index (χ0n) is 17.6. The van der Waals surface area contributed by atoms with Crippen molar-refractivity contribution >= 4 is 16.8 Å². The molecular weight excluding hydrogens is 423 g/mol. The van der Waals surface area contributed by atoms with E-state index in [1.165, 1.54) is 0 Å². The molecule has 32 heavy (non-hydrogen) atoms. The molecule has 3 aromatic rings. The highest BCUT2D eigenvalue weighted by molar-refractivity contribution is 6.06. The lowest BCUT2D eigenvalue weighted by Gasteiger charge is -2.38. The van der Waals surface area contributed by atoms with E-state index in [1.807, 2.05) is 22.9 Å². The van der Waals surface area contributed by atoms with Crippen LogP contribution in [0, 0.1) is 0 Å². The molecule has 7 nitrogen and oxygen atoms in total. The highest BCUT2D eigenvalue weighted by Gasteiger charge is 2.51. The van der Waals surface area contributed by atoms with Crippen molar-refractivity contribution in [2.24, 2.45) is 5.73 Å². The Bertz CT molecular complexity index is 1100. The summed E-state index contributed by atoms with van der Waals surface area (Å²) in [5.74, 6) is -0.545. The normalized spacial score (nSPS) is 21.5. The molecule has 1 saturated carbocycles. The number of rotatable bonds is 6. The highest BCUT2D eigenvalue weighted by atomic mass is 19.4. The first kappa shape index (κ1) is 22.3. The Balaban J connectivity index is 1.57. The molecule has 1 fully saturated rings. The van der Waals surface area contributed by atoms with Gasteiger partial charge >= 0.3 is 6.18 Å². The minimum atomic E-state index is -4.54. The lowest BCUT2D eigenvalue weighted by molar-refractivity contribution is -0.204. The van der Waals surface area contributed by atoms with Gasteiger partial charge in [-0.15, -0.1) is 0 Å². The Hall–Kier alpha value is -2.85. The van der Waals surface area contributed by atoms with Crippen LogP contribution in [0.2, 0.25) is 0 Å². The molecule has 10 heteroatoms. The number of hydrogen-bond acceptors (Lipinski definition) is 4. The zero-order chi connectivity index (χ0) is 23.1. The second-order valence-corrected chi connectivity index (χ2v) is 8.63. The largest absolute Gasteiger partial charge is 0.408 e. The van der Waals surface area contributed by atoms with Gasteiger partial charge < -0.3 is 20.0 Å². The maximum atomic E-state index is 13.3. The smallest absolute Gasteiger partial charge is 0.394 e. The number of alkyl halides is 3. The summed E-state index contributed by atoms with van der Waals surface area (Å²) in [5, 5.41) is 12.8. The van der Waals surface area contributed by atoms with Crippen LogP contribution in [0.25, 0.3) is 16.6 Å². The molecule has 0 unspecified atom stereocenters. The number of aliphatic hydroxyl groups is 1. The van der Waals surface area contributed by atoms with E-state index in [-0.39, 0.29) is 12.1 Å². The number of nitrogens with two attached hydrogens (primary N) is 1. The molecule has 1 amide bonds. The van der Waals surface area contributed by atoms with Crippen molar-refractivity contribution in [2.45, 2.75) is 56.4 Å². The van der Waals surface area contributed by atoms with Crippen molar-refractivity contribution in [3.05, 3.63) is 48.7 Å². The number of aliphatic hydroxyl groups excluding tert-OH is 1. The molecule has 2 heterocycles. The fourth-order valence-corrected chi connectivity index (χ4v) is 4.51. The number of imidazole rings is 1. The van der Waals surface area contributed by atoms with Gasteiger partial charge in [0.15, 0.2) is 0 Å². The van der Waals surface area contributed by atoms with Crippen LogP contribution in [0.3, 0.4) is 0 Å². The summed E-state index contributed by atoms with van der Waals surface area (Å²) in [6.07, 6.45) is 4.75. The summed E-state index contributed by atoms with van der Waals surface area (Å²) < 4.78 is 43.7. The third-order valence-corrected chi connectivity index (χ3v) is 6.42. The van der Waals surface area contributed by atoms with Crippen molar-refractivity contribution in [1.29, 1.82) is 0 Å². The van der Waals surface area contributed by atoms with Gasteiger partial charge in [-0.3, -0.25) is 10.1 Å². The van der Waals surface area contributed by atoms with E-state index in [9.17, 15) is 23.1 Å². The molecule has 172 valence electrons. The molecule has 1 aliphatic carbocycles. The molecule has 4 rings (SSSR count). The molecule has 1 aromatic carbocycles. The summed E-state index contributed by atoms with van der Waals surface area (Å²) in [6, 6.07) is 5.28. The number of primary amides is 1. The molecule has 0 saturated heterocycles. The van der Waals surface area contributed by atoms with Gasteiger partial charge in [0.1, 0.15) is 5.54 Å². The number of benzene rings is 1. The second kappa shape index (κ2) is 8.25. The fourth-order valence-electron chi connectivity index (χ4n) is 4.51. The van der Waals surface area contributed by atoms with Crippen LogP contribution in [0.1, 0.15) is 49.0 Å². The van der Waals surface area contributed by atoms with Gasteiger partial charge in [-0.1, -0.05) is 0 Å². The number of nitrogens with zero attached hydrogens (tertiary/aromatic N) is 3. The Morgan fingerprint density at radius 3 is 2.53 bits per heavy atom. The van der Waals surface area contributed by atoms with Crippen LogP contribution >= 0.6 is 0 Å². The third-order valence-electron chi connectivity index (χ3n) is 6.42. The number of halogens is 3. The number of carbonyl (C=O) groups excluding carboxylic acids is 1. The van der Waals surface area contributed by atoms with E-state index in [0.29, 0.717) is 31.2 Å². The van der Waals surface area contributed by atoms with Crippen LogP contribution in [-0.2, 0) is 0 Å². The Morgan fingerprint density at radius 1 is 1.25 bits per heavy atom. The summed E-state index contributed by atoms with van der Waals surface area (Å²) in [7, 11) is 0. The minimum Gasteiger partial charge on any atom is -0.394 e. The maximum Gasteiger partial charge on any atom is 0.408 e. The van der Waals surface area contributed by atoms with Crippen molar-refractivity contribution in [2.75, 3.05) is 6.61 Å². The molecular formula is C22H26F3N5O2. The van der Waals surface area contributed by atoms with Crippen LogP contribution in [-0.4, -0.2) is 49.5 Å². The topological polar surface area (TPSA) is 98.1 Å². The van der Waals surface area contributed by atoms with Crippen LogP contribution in [0.5, 0.6) is 0 Å². The molecule has 0 aliphatic heterocycles. The lowest BCUT2D eigenvalue weighted by atomic mass is 9.88. The predicted molar refractivity (Wildman–Crippen MR) is 114 cm³/mol. The average molecular weight is 449 g/mol. The van der Waals surface area contributed by atoms with Crippen LogP contribution in [0.15, 0.2) is 43.1 Å². The van der Waals surface area contributed by atoms with Crippen molar-refractivity contribution in [3.8, 4) is 5.69 Å². The molecule has 0 radical (unpaired) electrons. The van der Waals surface area contributed by atoms with Crippen LogP contribution < -0.4 is 11.1 Å². The van der Waals surface area contributed by atoms with Gasteiger partial charge in [0.2, 0.25) is 0 Å². The lowest BCUT2D eigenvalue weighted by Crippen LogP contribution is -2.60. The van der Waals surface area contributed by atoms with Gasteiger partial charge in [-0.05, 0) is 50.8 Å². The van der Waals surface area contributed by atoms with Gasteiger partial charge in [-0.25, -0.2) is 4.98 Å². The van der Waals surface area contributed by atoms with Gasteiger partial charge in [0.05, 0.1) is 24.0 Å². The summed E-state index contributed by atoms with van der Waals surface area (Å²) in [5.41, 5.74) is 5.25. The molecule has 4 N–H and O–H groups in total. The Kier molecular flexibility index (Phi) is 5.76. The first-order valence-corrected chi connectivity index (χ1v) is 10.5. The maximum absolute atomic E-state index is 13.3. The van der Waals surface area contributed by atoms with Gasteiger partial charge in [0.25, 0.3) is 5.91 Å². The monoisotopic (exact) mass is 449 g/mol. The van der Waals surface area contributed by atoms with Crippen molar-refractivity contribution in [3.63, 3.8) is 0 Å². The van der Waals surface area contributed by atoms with Crippen molar-refractivity contribution in [1.82, 2.24) is 19.4 Å². The Morgan fingerprint density at radius 2 is 1.97 bits per heavy atom. The fraction of sp³-hybridized carbons (Fsp3) is 0.455. The number of hydrogen-bond donors (Lipinski definition) is 3. The minimum absolute atomic E-state index is 0.0361. The molecule has 0 bridgehead atoms. The number of carbonyl (C=O) groups is 1. The quantitative estimate of drug-likeness (QED) is 0.538. The number of amides is 1. The van der Waals surface area contributed by atoms with E-state index in [4.69, 9.17) is 5.73 Å². The number of aromatic nitrogens is 3. The van der Waals surface area contributed by atoms with Gasteiger partial charge in [0, 0.05) is 41.7 Å². The predicted octanol–water partition coefficient (Wildman–Crippen LogP) is 3.31. The van der Waals surface area contributed by atoms with E-state index >= 15 is 0 Å². The first-order valence-electron chi connectivity index (χ1n) is 10.5. The van der Waals surface area contributed by atoms with E-state index in [0.717, 1.165) is 23.5 Å². The van der Waals surface area contributed by atoms with Gasteiger partial charge in [-0.2, -0.15) is 13.2 Å². The van der Waals surface area contributed by atoms with Crippen LogP contribution in [0.4, 0.5) is 13.2 Å². The standard InChI is InChI=1S/C22H26F3N5O2/c1-21(12-31,22(23,24)25)28-15-2-4-16(5-3-15)30-8-6-14-10-17(29-9-7-27-13-29)11-18(19(14)30)20(26)32/h6-11,13,15-16,28,31H,2-5,12H2,1H3,(H2,26,32)/t15?,16?,21-/m1/s1. The Labute approximate surface area is 183 Å². The van der Waals surface area contributed by atoms with E-state index < -0.39 is 24.2 Å². The number of nitrogens with one attached hydrogen (secondary N) is 1. The number of fused-ring (bicyclic) bond motifs is 1.